The van der Waals surface area contributed by atoms with Gasteiger partial charge in [-0.3, -0.25) is 14.5 Å². The molecule has 1 aromatic carbocycles. The van der Waals surface area contributed by atoms with Gasteiger partial charge in [0.15, 0.2) is 11.5 Å². The topological polar surface area (TPSA) is 111 Å². The number of fused-ring (bicyclic) bond motifs is 1. The number of ether oxygens (including phenoxy) is 1. The molecular weight excluding hydrogens is 338 g/mol. The lowest BCUT2D eigenvalue weighted by atomic mass is 10.2. The summed E-state index contributed by atoms with van der Waals surface area (Å²) in [6.07, 6.45) is 1.69. The summed E-state index contributed by atoms with van der Waals surface area (Å²) >= 11 is 0. The molecule has 2 aromatic heterocycles. The molecule has 0 amide bonds. The number of benzene rings is 1. The molecule has 9 nitrogen and oxygen atoms in total. The fraction of sp³-hybridized carbons (Fsp3) is 0.176. The van der Waals surface area contributed by atoms with Crippen LogP contribution in [0.3, 0.4) is 0 Å². The summed E-state index contributed by atoms with van der Waals surface area (Å²) in [5, 5.41) is 19.2. The van der Waals surface area contributed by atoms with Crippen LogP contribution in [0.1, 0.15) is 23.0 Å². The number of imidazole rings is 1. The highest BCUT2D eigenvalue weighted by atomic mass is 16.6. The molecule has 9 heteroatoms. The third-order valence-electron chi connectivity index (χ3n) is 3.63. The minimum atomic E-state index is -0.610. The van der Waals surface area contributed by atoms with E-state index in [9.17, 15) is 14.9 Å². The maximum atomic E-state index is 12.2. The first kappa shape index (κ1) is 17.2. The standard InChI is InChI=1S/C17H15N5O4/c1-3-26-17(23)15-16(21-9-5-4-6-14(21)18-15)20-19-13-10-12(22(24)25)8-7-11(13)2/h4-10H,3H2,1-2H3. The van der Waals surface area contributed by atoms with Gasteiger partial charge in [-0.25, -0.2) is 9.78 Å². The van der Waals surface area contributed by atoms with E-state index in [-0.39, 0.29) is 23.8 Å². The van der Waals surface area contributed by atoms with Gasteiger partial charge in [-0.05, 0) is 31.5 Å². The molecule has 0 saturated heterocycles. The number of aryl methyl sites for hydroxylation is 1. The van der Waals surface area contributed by atoms with Crippen LogP contribution in [-0.2, 0) is 4.74 Å². The summed E-state index contributed by atoms with van der Waals surface area (Å²) in [7, 11) is 0. The average molecular weight is 353 g/mol. The number of pyridine rings is 1. The number of rotatable bonds is 5. The number of hydrogen-bond acceptors (Lipinski definition) is 7. The first-order valence-corrected chi connectivity index (χ1v) is 7.82. The van der Waals surface area contributed by atoms with E-state index in [2.05, 4.69) is 15.2 Å². The zero-order chi connectivity index (χ0) is 18.7. The van der Waals surface area contributed by atoms with E-state index in [1.807, 2.05) is 0 Å². The molecule has 3 aromatic rings. The van der Waals surface area contributed by atoms with Crippen molar-refractivity contribution in [2.75, 3.05) is 6.61 Å². The van der Waals surface area contributed by atoms with Crippen LogP contribution in [-0.4, -0.2) is 26.9 Å². The van der Waals surface area contributed by atoms with Crippen LogP contribution in [0, 0.1) is 17.0 Å². The molecular formula is C17H15N5O4. The molecule has 2 heterocycles. The Hall–Kier alpha value is -3.62. The number of nitrogens with zero attached hydrogens (tertiary/aromatic N) is 5. The summed E-state index contributed by atoms with van der Waals surface area (Å²) in [4.78, 5) is 26.8. The maximum Gasteiger partial charge on any atom is 0.360 e. The molecule has 0 bridgehead atoms. The Kier molecular flexibility index (Phi) is 4.70. The van der Waals surface area contributed by atoms with Gasteiger partial charge in [0.25, 0.3) is 5.69 Å². The Balaban J connectivity index is 2.09. The van der Waals surface area contributed by atoms with Crippen molar-refractivity contribution in [1.29, 1.82) is 0 Å². The van der Waals surface area contributed by atoms with Crippen molar-refractivity contribution in [3.8, 4) is 0 Å². The SMILES string of the molecule is CCOC(=O)c1nc2ccccn2c1N=Nc1cc([N+](=O)[O-])ccc1C. The molecule has 26 heavy (non-hydrogen) atoms. The summed E-state index contributed by atoms with van der Waals surface area (Å²) in [5.74, 6) is -0.411. The molecule has 132 valence electrons. The predicted octanol–water partition coefficient (Wildman–Crippen LogP) is 4.14. The second-order valence-electron chi connectivity index (χ2n) is 5.36. The smallest absolute Gasteiger partial charge is 0.360 e. The Labute approximate surface area is 148 Å². The van der Waals surface area contributed by atoms with E-state index < -0.39 is 10.9 Å². The van der Waals surface area contributed by atoms with Crippen molar-refractivity contribution in [3.63, 3.8) is 0 Å². The van der Waals surface area contributed by atoms with Gasteiger partial charge in [0.2, 0.25) is 0 Å². The molecule has 0 aliphatic carbocycles. The highest BCUT2D eigenvalue weighted by Crippen LogP contribution is 2.28. The average Bonchev–Trinajstić information content (AvgIpc) is 3.00. The third-order valence-corrected chi connectivity index (χ3v) is 3.63. The van der Waals surface area contributed by atoms with E-state index in [0.29, 0.717) is 16.9 Å². The second kappa shape index (κ2) is 7.09. The van der Waals surface area contributed by atoms with Crippen LogP contribution < -0.4 is 0 Å². The quantitative estimate of drug-likeness (QED) is 0.296. The molecule has 0 aliphatic heterocycles. The van der Waals surface area contributed by atoms with E-state index in [1.165, 1.54) is 12.1 Å². The fourth-order valence-corrected chi connectivity index (χ4v) is 2.34. The minimum absolute atomic E-state index is 0.0323. The van der Waals surface area contributed by atoms with Gasteiger partial charge >= 0.3 is 5.97 Å². The molecule has 0 spiro atoms. The molecule has 0 fully saturated rings. The second-order valence-corrected chi connectivity index (χ2v) is 5.36. The van der Waals surface area contributed by atoms with Crippen molar-refractivity contribution < 1.29 is 14.5 Å². The van der Waals surface area contributed by atoms with Gasteiger partial charge in [-0.1, -0.05) is 12.1 Å². The number of carbonyl (C=O) groups excluding carboxylic acids is 1. The normalized spacial score (nSPS) is 11.2. The van der Waals surface area contributed by atoms with E-state index in [0.717, 1.165) is 0 Å². The summed E-state index contributed by atoms with van der Waals surface area (Å²) in [5.41, 5.74) is 1.50. The lowest BCUT2D eigenvalue weighted by molar-refractivity contribution is -0.384. The Morgan fingerprint density at radius 2 is 2.12 bits per heavy atom. The van der Waals surface area contributed by atoms with Crippen LogP contribution in [0.5, 0.6) is 0 Å². The van der Waals surface area contributed by atoms with Crippen LogP contribution in [0.2, 0.25) is 0 Å². The molecule has 0 unspecified atom stereocenters. The van der Waals surface area contributed by atoms with Crippen LogP contribution in [0.4, 0.5) is 17.2 Å². The first-order valence-electron chi connectivity index (χ1n) is 7.82. The summed E-state index contributed by atoms with van der Waals surface area (Å²) < 4.78 is 6.62. The minimum Gasteiger partial charge on any atom is -0.461 e. The number of hydrogen-bond donors (Lipinski definition) is 0. The van der Waals surface area contributed by atoms with Crippen molar-refractivity contribution in [3.05, 3.63) is 64.0 Å². The highest BCUT2D eigenvalue weighted by Gasteiger charge is 2.20. The molecule has 0 saturated carbocycles. The van der Waals surface area contributed by atoms with Gasteiger partial charge < -0.3 is 4.74 Å². The van der Waals surface area contributed by atoms with Gasteiger partial charge in [-0.15, -0.1) is 10.2 Å². The zero-order valence-corrected chi connectivity index (χ0v) is 14.1. The van der Waals surface area contributed by atoms with Gasteiger partial charge in [0.05, 0.1) is 17.2 Å². The maximum absolute atomic E-state index is 12.2. The Morgan fingerprint density at radius 3 is 2.85 bits per heavy atom. The van der Waals surface area contributed by atoms with Crippen molar-refractivity contribution in [2.45, 2.75) is 13.8 Å². The monoisotopic (exact) mass is 353 g/mol. The number of carbonyl (C=O) groups is 1. The summed E-state index contributed by atoms with van der Waals surface area (Å²) in [6.45, 7) is 3.66. The number of esters is 1. The van der Waals surface area contributed by atoms with Crippen molar-refractivity contribution in [2.24, 2.45) is 10.2 Å². The first-order chi connectivity index (χ1) is 12.5. The lowest BCUT2D eigenvalue weighted by Gasteiger charge is -2.01. The fourth-order valence-electron chi connectivity index (χ4n) is 2.34. The molecule has 0 N–H and O–H groups in total. The number of nitro groups is 1. The molecule has 3 rings (SSSR count). The van der Waals surface area contributed by atoms with Crippen molar-refractivity contribution >= 4 is 28.8 Å². The number of aromatic nitrogens is 2. The van der Waals surface area contributed by atoms with E-state index >= 15 is 0 Å². The molecule has 0 aliphatic rings. The van der Waals surface area contributed by atoms with Crippen LogP contribution in [0.15, 0.2) is 52.8 Å². The van der Waals surface area contributed by atoms with Gasteiger partial charge in [0.1, 0.15) is 5.65 Å². The predicted molar refractivity (Wildman–Crippen MR) is 93.2 cm³/mol. The summed E-state index contributed by atoms with van der Waals surface area (Å²) in [6, 6.07) is 9.58. The number of non-ortho nitro benzene ring substituents is 1. The molecule has 0 atom stereocenters. The lowest BCUT2D eigenvalue weighted by Crippen LogP contribution is -2.05. The van der Waals surface area contributed by atoms with Crippen molar-refractivity contribution in [1.82, 2.24) is 9.38 Å². The highest BCUT2D eigenvalue weighted by molar-refractivity contribution is 5.93. The van der Waals surface area contributed by atoms with Crippen LogP contribution in [0.25, 0.3) is 5.65 Å². The Morgan fingerprint density at radius 1 is 1.31 bits per heavy atom. The largest absolute Gasteiger partial charge is 0.461 e. The molecule has 0 radical (unpaired) electrons. The van der Waals surface area contributed by atoms with E-state index in [1.54, 1.807) is 48.7 Å². The van der Waals surface area contributed by atoms with Gasteiger partial charge in [-0.2, -0.15) is 0 Å². The Bertz CT molecular complexity index is 1030. The number of nitro benzene ring substituents is 1. The third kappa shape index (κ3) is 3.27. The zero-order valence-electron chi connectivity index (χ0n) is 14.1. The number of azo groups is 1. The van der Waals surface area contributed by atoms with Gasteiger partial charge in [0, 0.05) is 18.3 Å². The van der Waals surface area contributed by atoms with E-state index in [4.69, 9.17) is 4.74 Å². The van der Waals surface area contributed by atoms with Crippen LogP contribution >= 0.6 is 0 Å².